The van der Waals surface area contributed by atoms with Gasteiger partial charge in [0.1, 0.15) is 23.9 Å². The molecule has 34 heavy (non-hydrogen) atoms. The first-order valence-electron chi connectivity index (χ1n) is 10.0. The Morgan fingerprint density at radius 3 is 2.56 bits per heavy atom. The lowest BCUT2D eigenvalue weighted by Crippen LogP contribution is -2.14. The minimum atomic E-state index is -0.759. The van der Waals surface area contributed by atoms with Gasteiger partial charge in [0, 0.05) is 6.07 Å². The fourth-order valence-electron chi connectivity index (χ4n) is 3.05. The molecule has 0 atom stereocenters. The van der Waals surface area contributed by atoms with Crippen molar-refractivity contribution in [3.05, 3.63) is 96.6 Å². The molecule has 3 aromatic carbocycles. The Labute approximate surface area is 210 Å². The van der Waals surface area contributed by atoms with Crippen LogP contribution in [0.4, 0.5) is 11.4 Å². The Morgan fingerprint density at radius 1 is 1.21 bits per heavy atom. The molecule has 0 radical (unpaired) electrons. The number of nitrogens with zero attached hydrogens (tertiary/aromatic N) is 2. The van der Waals surface area contributed by atoms with E-state index >= 15 is 0 Å². The minimum absolute atomic E-state index is 0.00525. The van der Waals surface area contributed by atoms with E-state index in [1.807, 2.05) is 37.3 Å². The van der Waals surface area contributed by atoms with Crippen LogP contribution in [0.25, 0.3) is 6.08 Å². The number of hydrogen-bond acceptors (Lipinski definition) is 6. The van der Waals surface area contributed by atoms with Gasteiger partial charge in [-0.05, 0) is 64.9 Å². The number of aryl methyl sites for hydroxylation is 1. The largest absolute Gasteiger partial charge is 0.493 e. The molecule has 0 spiro atoms. The van der Waals surface area contributed by atoms with Crippen molar-refractivity contribution in [2.24, 2.45) is 0 Å². The Bertz CT molecular complexity index is 1300. The monoisotopic (exact) mass is 569 g/mol. The van der Waals surface area contributed by atoms with Gasteiger partial charge in [0.05, 0.1) is 15.6 Å². The molecule has 1 N–H and O–H groups in total. The second-order valence-electron chi connectivity index (χ2n) is 7.21. The molecule has 8 nitrogen and oxygen atoms in total. The number of nitro benzene ring substituents is 1. The van der Waals surface area contributed by atoms with Gasteiger partial charge in [-0.15, -0.1) is 0 Å². The van der Waals surface area contributed by atoms with Crippen molar-refractivity contribution in [2.45, 2.75) is 13.5 Å². The van der Waals surface area contributed by atoms with Crippen molar-refractivity contribution in [2.75, 3.05) is 12.4 Å². The number of anilines is 1. The predicted molar refractivity (Wildman–Crippen MR) is 137 cm³/mol. The van der Waals surface area contributed by atoms with E-state index in [9.17, 15) is 20.2 Å². The molecule has 0 fully saturated rings. The van der Waals surface area contributed by atoms with E-state index in [2.05, 4.69) is 27.9 Å². The number of methoxy groups -OCH3 is 1. The van der Waals surface area contributed by atoms with Crippen molar-refractivity contribution >= 4 is 45.9 Å². The number of amides is 1. The van der Waals surface area contributed by atoms with Crippen molar-refractivity contribution in [1.82, 2.24) is 0 Å². The van der Waals surface area contributed by atoms with Crippen LogP contribution >= 0.6 is 22.6 Å². The molecule has 0 heterocycles. The fourth-order valence-corrected chi connectivity index (χ4v) is 3.83. The van der Waals surface area contributed by atoms with Gasteiger partial charge < -0.3 is 14.8 Å². The molecule has 0 saturated heterocycles. The summed E-state index contributed by atoms with van der Waals surface area (Å²) in [6.07, 6.45) is 1.39. The van der Waals surface area contributed by atoms with Crippen LogP contribution in [0, 0.1) is 31.9 Å². The maximum absolute atomic E-state index is 12.6. The first kappa shape index (κ1) is 24.7. The Morgan fingerprint density at radius 2 is 1.91 bits per heavy atom. The fraction of sp³-hybridized carbons (Fsp3) is 0.120. The number of rotatable bonds is 8. The van der Waals surface area contributed by atoms with Crippen LogP contribution in [-0.4, -0.2) is 17.9 Å². The molecule has 0 unspecified atom stereocenters. The molecule has 172 valence electrons. The number of ether oxygens (including phenoxy) is 2. The molecule has 0 bridgehead atoms. The predicted octanol–water partition coefficient (Wildman–Crippen LogP) is 5.64. The van der Waals surface area contributed by atoms with Gasteiger partial charge in [-0.2, -0.15) is 5.26 Å². The SMILES string of the molecule is COc1cc(/C=C(/C#N)C(=O)Nc2ccccc2[N+](=O)[O-])cc(I)c1OCc1ccc(C)cc1. The molecule has 0 aliphatic heterocycles. The van der Waals surface area contributed by atoms with E-state index in [4.69, 9.17) is 9.47 Å². The minimum Gasteiger partial charge on any atom is -0.493 e. The van der Waals surface area contributed by atoms with Crippen LogP contribution in [0.15, 0.2) is 66.2 Å². The normalized spacial score (nSPS) is 10.8. The summed E-state index contributed by atoms with van der Waals surface area (Å²) in [7, 11) is 1.50. The third kappa shape index (κ3) is 6.11. The highest BCUT2D eigenvalue weighted by molar-refractivity contribution is 14.1. The quantitative estimate of drug-likeness (QED) is 0.124. The molecule has 0 aliphatic carbocycles. The zero-order chi connectivity index (χ0) is 24.7. The standard InChI is InChI=1S/C25H20IN3O5/c1-16-7-9-17(10-8-16)15-34-24-20(26)12-18(13-23(24)33-2)11-19(14-27)25(30)28-21-5-3-4-6-22(21)29(31)32/h3-13H,15H2,1-2H3,(H,28,30)/b19-11-. The number of benzene rings is 3. The summed E-state index contributed by atoms with van der Waals surface area (Å²) in [5.41, 5.74) is 2.23. The Hall–Kier alpha value is -3.91. The number of hydrogen-bond donors (Lipinski definition) is 1. The van der Waals surface area contributed by atoms with E-state index < -0.39 is 10.8 Å². The summed E-state index contributed by atoms with van der Waals surface area (Å²) in [6.45, 7) is 2.36. The summed E-state index contributed by atoms with van der Waals surface area (Å²) in [6, 6.07) is 19.0. The maximum atomic E-state index is 12.6. The van der Waals surface area contributed by atoms with Crippen molar-refractivity contribution in [3.63, 3.8) is 0 Å². The van der Waals surface area contributed by atoms with E-state index in [-0.39, 0.29) is 16.9 Å². The number of carbonyl (C=O) groups is 1. The second-order valence-corrected chi connectivity index (χ2v) is 8.37. The molecule has 0 saturated carbocycles. The van der Waals surface area contributed by atoms with Crippen molar-refractivity contribution < 1.29 is 19.2 Å². The zero-order valence-corrected chi connectivity index (χ0v) is 20.5. The van der Waals surface area contributed by atoms with Crippen molar-refractivity contribution in [3.8, 4) is 17.6 Å². The molecule has 3 rings (SSSR count). The summed E-state index contributed by atoms with van der Waals surface area (Å²) in [5, 5.41) is 23.1. The third-order valence-electron chi connectivity index (χ3n) is 4.78. The first-order valence-corrected chi connectivity index (χ1v) is 11.1. The summed E-state index contributed by atoms with van der Waals surface area (Å²) >= 11 is 2.10. The van der Waals surface area contributed by atoms with Gasteiger partial charge in [0.2, 0.25) is 0 Å². The molecule has 0 aliphatic rings. The molecular formula is C25H20IN3O5. The number of nitriles is 1. The van der Waals surface area contributed by atoms with E-state index in [0.29, 0.717) is 23.7 Å². The van der Waals surface area contributed by atoms with Crippen molar-refractivity contribution in [1.29, 1.82) is 5.26 Å². The van der Waals surface area contributed by atoms with Gasteiger partial charge in [-0.25, -0.2) is 0 Å². The summed E-state index contributed by atoms with van der Waals surface area (Å²) in [5.74, 6) is 0.232. The number of halogens is 1. The lowest BCUT2D eigenvalue weighted by atomic mass is 10.1. The average Bonchev–Trinajstić information content (AvgIpc) is 2.82. The number of carbonyl (C=O) groups excluding carboxylic acids is 1. The molecule has 0 aromatic heterocycles. The van der Waals surface area contributed by atoms with Crippen LogP contribution < -0.4 is 14.8 Å². The number of nitrogens with one attached hydrogen (secondary N) is 1. The molecule has 9 heteroatoms. The number of nitro groups is 1. The smallest absolute Gasteiger partial charge is 0.292 e. The van der Waals surface area contributed by atoms with Gasteiger partial charge in [0.25, 0.3) is 11.6 Å². The zero-order valence-electron chi connectivity index (χ0n) is 18.4. The summed E-state index contributed by atoms with van der Waals surface area (Å²) in [4.78, 5) is 23.2. The van der Waals surface area contributed by atoms with E-state index in [1.54, 1.807) is 18.2 Å². The van der Waals surface area contributed by atoms with Crippen LogP contribution in [0.5, 0.6) is 11.5 Å². The third-order valence-corrected chi connectivity index (χ3v) is 5.58. The van der Waals surface area contributed by atoms with Gasteiger partial charge in [-0.1, -0.05) is 42.0 Å². The molecular weight excluding hydrogens is 549 g/mol. The molecule has 3 aromatic rings. The first-order chi connectivity index (χ1) is 16.3. The highest BCUT2D eigenvalue weighted by Gasteiger charge is 2.18. The lowest BCUT2D eigenvalue weighted by Gasteiger charge is -2.14. The van der Waals surface area contributed by atoms with E-state index in [1.165, 1.54) is 31.4 Å². The van der Waals surface area contributed by atoms with Crippen LogP contribution in [-0.2, 0) is 11.4 Å². The Balaban J connectivity index is 1.84. The number of para-hydroxylation sites is 2. The lowest BCUT2D eigenvalue weighted by molar-refractivity contribution is -0.383. The van der Waals surface area contributed by atoms with Crippen LogP contribution in [0.1, 0.15) is 16.7 Å². The van der Waals surface area contributed by atoms with E-state index in [0.717, 1.165) is 14.7 Å². The van der Waals surface area contributed by atoms with Crippen LogP contribution in [0.2, 0.25) is 0 Å². The topological polar surface area (TPSA) is 114 Å². The van der Waals surface area contributed by atoms with Gasteiger partial charge in [-0.3, -0.25) is 14.9 Å². The van der Waals surface area contributed by atoms with Gasteiger partial charge in [0.15, 0.2) is 11.5 Å². The van der Waals surface area contributed by atoms with Gasteiger partial charge >= 0.3 is 0 Å². The maximum Gasteiger partial charge on any atom is 0.292 e. The summed E-state index contributed by atoms with van der Waals surface area (Å²) < 4.78 is 12.2. The molecule has 1 amide bonds. The highest BCUT2D eigenvalue weighted by atomic mass is 127. The second kappa shape index (κ2) is 11.3. The van der Waals surface area contributed by atoms with Crippen LogP contribution in [0.3, 0.4) is 0 Å². The Kier molecular flexibility index (Phi) is 8.21. The highest BCUT2D eigenvalue weighted by Crippen LogP contribution is 2.35. The average molecular weight is 569 g/mol.